The first-order chi connectivity index (χ1) is 23.2. The molecule has 0 saturated carbocycles. The van der Waals surface area contributed by atoms with Crippen LogP contribution in [-0.2, 0) is 9.59 Å². The van der Waals surface area contributed by atoms with E-state index in [1.807, 2.05) is 23.6 Å². The Kier molecular flexibility index (Phi) is 11.5. The molecule has 3 amide bonds. The fraction of sp³-hybridized carbons (Fsp3) is 0.111. The first-order valence-electron chi connectivity index (χ1n) is 14.6. The van der Waals surface area contributed by atoms with E-state index in [4.69, 9.17) is 21.1 Å². The summed E-state index contributed by atoms with van der Waals surface area (Å²) in [6.07, 6.45) is 1.53. The Bertz CT molecular complexity index is 1950. The van der Waals surface area contributed by atoms with E-state index in [0.717, 1.165) is 10.5 Å². The Morgan fingerprint density at radius 1 is 0.875 bits per heavy atom. The molecule has 0 radical (unpaired) electrons. The summed E-state index contributed by atoms with van der Waals surface area (Å²) in [6.45, 7) is 1.80. The largest absolute Gasteiger partial charge is 0.493 e. The van der Waals surface area contributed by atoms with Crippen molar-refractivity contribution in [2.24, 2.45) is 0 Å². The average Bonchev–Trinajstić information content (AvgIpc) is 3.57. The van der Waals surface area contributed by atoms with Crippen molar-refractivity contribution >= 4 is 69.3 Å². The summed E-state index contributed by atoms with van der Waals surface area (Å²) in [5, 5.41) is 10.9. The Labute approximate surface area is 291 Å². The van der Waals surface area contributed by atoms with Crippen LogP contribution in [0.25, 0.3) is 17.3 Å². The molecular formula is C36H31ClN4O5S2. The number of thiazole rings is 1. The SMILES string of the molecule is COc1cccc(/C=C(\NC(=O)c2ccccc2)C(=O)Nc2ccc(SC(C)C(=O)Nc3nc(-c4ccccc4Cl)cs3)cc2)c1OC. The van der Waals surface area contributed by atoms with Gasteiger partial charge < -0.3 is 25.4 Å². The molecule has 0 fully saturated rings. The second-order valence-electron chi connectivity index (χ2n) is 10.2. The van der Waals surface area contributed by atoms with E-state index in [0.29, 0.717) is 44.2 Å². The van der Waals surface area contributed by atoms with Crippen LogP contribution in [0.2, 0.25) is 5.02 Å². The number of ether oxygens (including phenoxy) is 2. The number of carbonyl (C=O) groups excluding carboxylic acids is 3. The van der Waals surface area contributed by atoms with Gasteiger partial charge in [0.15, 0.2) is 16.6 Å². The van der Waals surface area contributed by atoms with Gasteiger partial charge in [-0.15, -0.1) is 23.1 Å². The maximum absolute atomic E-state index is 13.5. The van der Waals surface area contributed by atoms with Gasteiger partial charge in [-0.25, -0.2) is 4.98 Å². The predicted octanol–water partition coefficient (Wildman–Crippen LogP) is 8.01. The topological polar surface area (TPSA) is 119 Å². The molecular weight excluding hydrogens is 668 g/mol. The zero-order valence-electron chi connectivity index (χ0n) is 26.2. The molecule has 3 N–H and O–H groups in total. The van der Waals surface area contributed by atoms with E-state index in [2.05, 4.69) is 20.9 Å². The summed E-state index contributed by atoms with van der Waals surface area (Å²) in [6, 6.07) is 28.3. The Balaban J connectivity index is 1.26. The van der Waals surface area contributed by atoms with E-state index in [9.17, 15) is 14.4 Å². The van der Waals surface area contributed by atoms with Crippen LogP contribution in [0.1, 0.15) is 22.8 Å². The van der Waals surface area contributed by atoms with Crippen molar-refractivity contribution in [2.75, 3.05) is 24.9 Å². The number of para-hydroxylation sites is 1. The maximum Gasteiger partial charge on any atom is 0.272 e. The molecule has 0 aliphatic rings. The lowest BCUT2D eigenvalue weighted by Gasteiger charge is -2.14. The number of benzene rings is 4. The molecule has 1 unspecified atom stereocenters. The third-order valence-electron chi connectivity index (χ3n) is 6.94. The Morgan fingerprint density at radius 2 is 1.60 bits per heavy atom. The highest BCUT2D eigenvalue weighted by Crippen LogP contribution is 2.33. The zero-order chi connectivity index (χ0) is 34.0. The Morgan fingerprint density at radius 3 is 2.31 bits per heavy atom. The van der Waals surface area contributed by atoms with Crippen LogP contribution in [-0.4, -0.2) is 42.2 Å². The summed E-state index contributed by atoms with van der Waals surface area (Å²) < 4.78 is 10.9. The average molecular weight is 699 g/mol. The number of hydrogen-bond donors (Lipinski definition) is 3. The molecule has 5 rings (SSSR count). The van der Waals surface area contributed by atoms with Gasteiger partial charge in [0.2, 0.25) is 5.91 Å². The zero-order valence-corrected chi connectivity index (χ0v) is 28.5. The second kappa shape index (κ2) is 16.1. The van der Waals surface area contributed by atoms with Gasteiger partial charge in [-0.05, 0) is 61.5 Å². The monoisotopic (exact) mass is 698 g/mol. The predicted molar refractivity (Wildman–Crippen MR) is 193 cm³/mol. The smallest absolute Gasteiger partial charge is 0.272 e. The first kappa shape index (κ1) is 34.2. The second-order valence-corrected chi connectivity index (χ2v) is 12.9. The number of halogens is 1. The first-order valence-corrected chi connectivity index (χ1v) is 16.8. The van der Waals surface area contributed by atoms with Gasteiger partial charge in [0.25, 0.3) is 11.8 Å². The van der Waals surface area contributed by atoms with Gasteiger partial charge in [-0.1, -0.05) is 60.1 Å². The van der Waals surface area contributed by atoms with E-state index >= 15 is 0 Å². The molecule has 0 aliphatic heterocycles. The van der Waals surface area contributed by atoms with Crippen LogP contribution >= 0.6 is 34.7 Å². The highest BCUT2D eigenvalue weighted by Gasteiger charge is 2.19. The number of hydrogen-bond acceptors (Lipinski definition) is 8. The van der Waals surface area contributed by atoms with Crippen molar-refractivity contribution < 1.29 is 23.9 Å². The summed E-state index contributed by atoms with van der Waals surface area (Å²) in [4.78, 5) is 44.9. The van der Waals surface area contributed by atoms with E-state index < -0.39 is 17.1 Å². The third kappa shape index (κ3) is 8.62. The minimum atomic E-state index is -0.545. The van der Waals surface area contributed by atoms with Crippen LogP contribution in [0, 0.1) is 0 Å². The summed E-state index contributed by atoms with van der Waals surface area (Å²) >= 11 is 8.98. The molecule has 0 bridgehead atoms. The van der Waals surface area contributed by atoms with Crippen molar-refractivity contribution in [1.82, 2.24) is 10.3 Å². The quantitative estimate of drug-likeness (QED) is 0.0892. The molecule has 48 heavy (non-hydrogen) atoms. The van der Waals surface area contributed by atoms with Crippen LogP contribution in [0.15, 0.2) is 113 Å². The molecule has 1 atom stereocenters. The Hall–Kier alpha value is -5.10. The minimum Gasteiger partial charge on any atom is -0.493 e. The summed E-state index contributed by atoms with van der Waals surface area (Å²) in [7, 11) is 3.02. The number of anilines is 2. The van der Waals surface area contributed by atoms with Crippen LogP contribution in [0.5, 0.6) is 11.5 Å². The molecule has 12 heteroatoms. The molecule has 244 valence electrons. The lowest BCUT2D eigenvalue weighted by Crippen LogP contribution is -2.30. The van der Waals surface area contributed by atoms with Gasteiger partial charge in [0.05, 0.1) is 25.2 Å². The molecule has 4 aromatic carbocycles. The number of methoxy groups -OCH3 is 2. The summed E-state index contributed by atoms with van der Waals surface area (Å²) in [5.74, 6) is -0.304. The van der Waals surface area contributed by atoms with Gasteiger partial charge in [-0.2, -0.15) is 0 Å². The fourth-order valence-corrected chi connectivity index (χ4v) is 6.34. The number of rotatable bonds is 12. The molecule has 5 aromatic rings. The van der Waals surface area contributed by atoms with E-state index in [1.54, 1.807) is 85.8 Å². The summed E-state index contributed by atoms with van der Waals surface area (Å²) in [5.41, 5.74) is 2.91. The maximum atomic E-state index is 13.5. The molecule has 0 spiro atoms. The van der Waals surface area contributed by atoms with Crippen molar-refractivity contribution in [2.45, 2.75) is 17.1 Å². The lowest BCUT2D eigenvalue weighted by atomic mass is 10.1. The van der Waals surface area contributed by atoms with E-state index in [-0.39, 0.29) is 11.6 Å². The van der Waals surface area contributed by atoms with Crippen LogP contribution in [0.4, 0.5) is 10.8 Å². The van der Waals surface area contributed by atoms with Gasteiger partial charge in [0.1, 0.15) is 5.70 Å². The standard InChI is InChI=1S/C36H31ClN4O5S2/c1-22(33(42)41-36-40-30(21-47-36)27-13-7-8-14-28(27)37)48-26-18-16-25(17-19-26)38-35(44)29(39-34(43)23-10-5-4-6-11-23)20-24-12-9-15-31(45-2)32(24)46-3/h4-22H,1-3H3,(H,38,44)(H,39,43)(H,40,41,42)/b29-20-. The number of nitrogens with zero attached hydrogens (tertiary/aromatic N) is 1. The van der Waals surface area contributed by atoms with Crippen molar-refractivity contribution in [3.8, 4) is 22.8 Å². The highest BCUT2D eigenvalue weighted by atomic mass is 35.5. The van der Waals surface area contributed by atoms with Crippen LogP contribution < -0.4 is 25.4 Å². The van der Waals surface area contributed by atoms with Crippen LogP contribution in [0.3, 0.4) is 0 Å². The van der Waals surface area contributed by atoms with Crippen molar-refractivity contribution in [3.63, 3.8) is 0 Å². The fourth-order valence-electron chi connectivity index (χ4n) is 4.53. The van der Waals surface area contributed by atoms with Crippen molar-refractivity contribution in [3.05, 3.63) is 124 Å². The molecule has 0 aliphatic carbocycles. The van der Waals surface area contributed by atoms with Gasteiger partial charge in [-0.3, -0.25) is 14.4 Å². The number of amides is 3. The number of carbonyl (C=O) groups is 3. The molecule has 1 heterocycles. The number of thioether (sulfide) groups is 1. The molecule has 1 aromatic heterocycles. The molecule has 9 nitrogen and oxygen atoms in total. The molecule has 0 saturated heterocycles. The lowest BCUT2D eigenvalue weighted by molar-refractivity contribution is -0.115. The number of nitrogens with one attached hydrogen (secondary N) is 3. The highest BCUT2D eigenvalue weighted by molar-refractivity contribution is 8.00. The van der Waals surface area contributed by atoms with E-state index in [1.165, 1.54) is 43.4 Å². The minimum absolute atomic E-state index is 0.000898. The third-order valence-corrected chi connectivity index (χ3v) is 9.14. The van der Waals surface area contributed by atoms with Crippen molar-refractivity contribution in [1.29, 1.82) is 0 Å². The normalized spacial score (nSPS) is 11.7. The number of aromatic nitrogens is 1. The van der Waals surface area contributed by atoms with Gasteiger partial charge >= 0.3 is 0 Å². The van der Waals surface area contributed by atoms with Gasteiger partial charge in [0, 0.05) is 37.7 Å².